The predicted molar refractivity (Wildman–Crippen MR) is 96.2 cm³/mol. The van der Waals surface area contributed by atoms with E-state index in [1.165, 1.54) is 6.08 Å². The Balaban J connectivity index is 1.89. The van der Waals surface area contributed by atoms with Crippen molar-refractivity contribution >= 4 is 27.8 Å². The van der Waals surface area contributed by atoms with Gasteiger partial charge in [0, 0.05) is 21.7 Å². The normalized spacial score (nSPS) is 11.1. The van der Waals surface area contributed by atoms with Crippen molar-refractivity contribution in [3.8, 4) is 17.4 Å². The molecule has 3 nitrogen and oxygen atoms in total. The molecule has 0 amide bonds. The number of carbonyl (C=O) groups excluding carboxylic acids is 1. The van der Waals surface area contributed by atoms with Crippen molar-refractivity contribution < 1.29 is 9.21 Å². The first kappa shape index (κ1) is 16.0. The predicted octanol–water partition coefficient (Wildman–Crippen LogP) is 5.50. The third-order valence-electron chi connectivity index (χ3n) is 3.44. The number of ketones is 1. The smallest absolute Gasteiger partial charge is 0.203 e. The van der Waals surface area contributed by atoms with Crippen LogP contribution < -0.4 is 0 Å². The third kappa shape index (κ3) is 3.53. The van der Waals surface area contributed by atoms with Gasteiger partial charge >= 0.3 is 0 Å². The van der Waals surface area contributed by atoms with E-state index in [4.69, 9.17) is 4.42 Å². The van der Waals surface area contributed by atoms with E-state index in [0.717, 1.165) is 10.0 Å². The molecule has 0 aliphatic rings. The van der Waals surface area contributed by atoms with E-state index in [-0.39, 0.29) is 11.4 Å². The molecule has 0 fully saturated rings. The molecule has 3 rings (SSSR count). The summed E-state index contributed by atoms with van der Waals surface area (Å²) < 4.78 is 6.72. The highest BCUT2D eigenvalue weighted by Gasteiger charge is 2.13. The molecule has 116 valence electrons. The van der Waals surface area contributed by atoms with Crippen molar-refractivity contribution in [1.82, 2.24) is 0 Å². The van der Waals surface area contributed by atoms with Crippen LogP contribution in [0.25, 0.3) is 17.4 Å². The van der Waals surface area contributed by atoms with E-state index < -0.39 is 0 Å². The molecule has 1 heterocycles. The van der Waals surface area contributed by atoms with Crippen LogP contribution in [-0.4, -0.2) is 5.78 Å². The lowest BCUT2D eigenvalue weighted by atomic mass is 10.0. The average Bonchev–Trinajstić information content (AvgIpc) is 3.09. The first-order valence-electron chi connectivity index (χ1n) is 7.25. The molecule has 0 unspecified atom stereocenters. The lowest BCUT2D eigenvalue weighted by Gasteiger charge is -1.99. The van der Waals surface area contributed by atoms with Gasteiger partial charge < -0.3 is 4.42 Å². The van der Waals surface area contributed by atoms with Gasteiger partial charge in [-0.15, -0.1) is 0 Å². The molecule has 4 heteroatoms. The first-order valence-corrected chi connectivity index (χ1v) is 8.04. The van der Waals surface area contributed by atoms with Gasteiger partial charge in [0.15, 0.2) is 0 Å². The zero-order valence-corrected chi connectivity index (χ0v) is 14.2. The zero-order valence-electron chi connectivity index (χ0n) is 12.6. The second kappa shape index (κ2) is 7.12. The number of nitrogens with zero attached hydrogens (tertiary/aromatic N) is 1. The van der Waals surface area contributed by atoms with Gasteiger partial charge in [0.2, 0.25) is 5.78 Å². The Morgan fingerprint density at radius 2 is 1.71 bits per heavy atom. The van der Waals surface area contributed by atoms with Crippen molar-refractivity contribution in [2.45, 2.75) is 0 Å². The number of rotatable bonds is 4. The molecule has 1 aromatic heterocycles. The number of allylic oxidation sites excluding steroid dienone is 1. The molecule has 0 atom stereocenters. The summed E-state index contributed by atoms with van der Waals surface area (Å²) in [6.45, 7) is 0. The molecule has 24 heavy (non-hydrogen) atoms. The highest BCUT2D eigenvalue weighted by molar-refractivity contribution is 9.10. The van der Waals surface area contributed by atoms with Crippen LogP contribution in [0.3, 0.4) is 0 Å². The van der Waals surface area contributed by atoms with E-state index in [1.807, 2.05) is 42.5 Å². The van der Waals surface area contributed by atoms with Gasteiger partial charge in [-0.2, -0.15) is 5.26 Å². The Morgan fingerprint density at radius 1 is 1.00 bits per heavy atom. The summed E-state index contributed by atoms with van der Waals surface area (Å²) in [5.41, 5.74) is 1.44. The van der Waals surface area contributed by atoms with E-state index in [1.54, 1.807) is 30.3 Å². The van der Waals surface area contributed by atoms with E-state index >= 15 is 0 Å². The summed E-state index contributed by atoms with van der Waals surface area (Å²) >= 11 is 3.39. The van der Waals surface area contributed by atoms with Gasteiger partial charge in [0.1, 0.15) is 23.2 Å². The van der Waals surface area contributed by atoms with E-state index in [0.29, 0.717) is 17.1 Å². The monoisotopic (exact) mass is 377 g/mol. The van der Waals surface area contributed by atoms with Crippen molar-refractivity contribution in [3.05, 3.63) is 88.1 Å². The highest BCUT2D eigenvalue weighted by Crippen LogP contribution is 2.25. The number of hydrogen-bond donors (Lipinski definition) is 0. The molecule has 0 spiro atoms. The van der Waals surface area contributed by atoms with Gasteiger partial charge in [-0.1, -0.05) is 58.4 Å². The fraction of sp³-hybridized carbons (Fsp3) is 0. The number of carbonyl (C=O) groups is 1. The Morgan fingerprint density at radius 3 is 2.38 bits per heavy atom. The minimum atomic E-state index is -0.320. The highest BCUT2D eigenvalue weighted by atomic mass is 79.9. The van der Waals surface area contributed by atoms with Gasteiger partial charge in [-0.3, -0.25) is 4.79 Å². The van der Waals surface area contributed by atoms with Crippen molar-refractivity contribution in [3.63, 3.8) is 0 Å². The SMILES string of the molecule is N#CC(=Cc1ccc(-c2ccc(Br)cc2)o1)C(=O)c1ccccc1. The molecule has 0 aliphatic heterocycles. The maximum absolute atomic E-state index is 12.4. The molecule has 0 saturated carbocycles. The van der Waals surface area contributed by atoms with E-state index in [9.17, 15) is 10.1 Å². The largest absolute Gasteiger partial charge is 0.457 e. The minimum absolute atomic E-state index is 0.0397. The lowest BCUT2D eigenvalue weighted by molar-refractivity contribution is 0.104. The third-order valence-corrected chi connectivity index (χ3v) is 3.97. The number of nitriles is 1. The second-order valence-corrected chi connectivity index (χ2v) is 5.99. The average molecular weight is 378 g/mol. The number of benzene rings is 2. The Hall–Kier alpha value is -2.90. The Labute approximate surface area is 148 Å². The molecule has 0 radical (unpaired) electrons. The van der Waals surface area contributed by atoms with Gasteiger partial charge in [-0.05, 0) is 24.3 Å². The van der Waals surface area contributed by atoms with Crippen LogP contribution in [0.15, 0.2) is 81.2 Å². The Bertz CT molecular complexity index is 932. The number of hydrogen-bond acceptors (Lipinski definition) is 3. The molecular formula is C20H12BrNO2. The standard InChI is InChI=1S/C20H12BrNO2/c21-17-8-6-14(7-9-17)19-11-10-18(24-19)12-16(13-22)20(23)15-4-2-1-3-5-15/h1-12H. The fourth-order valence-electron chi connectivity index (χ4n) is 2.24. The van der Waals surface area contributed by atoms with Crippen LogP contribution in [0.4, 0.5) is 0 Å². The van der Waals surface area contributed by atoms with Crippen LogP contribution in [-0.2, 0) is 0 Å². The molecule has 0 aliphatic carbocycles. The maximum atomic E-state index is 12.4. The van der Waals surface area contributed by atoms with Gasteiger partial charge in [-0.25, -0.2) is 0 Å². The quantitative estimate of drug-likeness (QED) is 0.342. The molecule has 0 bridgehead atoms. The lowest BCUT2D eigenvalue weighted by Crippen LogP contribution is -2.01. The number of furan rings is 1. The van der Waals surface area contributed by atoms with Crippen LogP contribution in [0.5, 0.6) is 0 Å². The zero-order chi connectivity index (χ0) is 16.9. The summed E-state index contributed by atoms with van der Waals surface area (Å²) in [5.74, 6) is 0.826. The number of Topliss-reactive ketones (excluding diaryl/α,β-unsaturated/α-hetero) is 1. The first-order chi connectivity index (χ1) is 11.7. The van der Waals surface area contributed by atoms with Gasteiger partial charge in [0.05, 0.1) is 0 Å². The molecular weight excluding hydrogens is 366 g/mol. The van der Waals surface area contributed by atoms with Crippen molar-refractivity contribution in [2.75, 3.05) is 0 Å². The minimum Gasteiger partial charge on any atom is -0.457 e. The van der Waals surface area contributed by atoms with Crippen molar-refractivity contribution in [1.29, 1.82) is 5.26 Å². The number of halogens is 1. The van der Waals surface area contributed by atoms with Crippen LogP contribution in [0.1, 0.15) is 16.1 Å². The van der Waals surface area contributed by atoms with Crippen molar-refractivity contribution in [2.24, 2.45) is 0 Å². The fourth-order valence-corrected chi connectivity index (χ4v) is 2.50. The topological polar surface area (TPSA) is 54.0 Å². The summed E-state index contributed by atoms with van der Waals surface area (Å²) in [7, 11) is 0. The maximum Gasteiger partial charge on any atom is 0.203 e. The summed E-state index contributed by atoms with van der Waals surface area (Å²) in [4.78, 5) is 12.4. The molecule has 2 aromatic carbocycles. The van der Waals surface area contributed by atoms with Crippen LogP contribution in [0, 0.1) is 11.3 Å². The van der Waals surface area contributed by atoms with E-state index in [2.05, 4.69) is 15.9 Å². The van der Waals surface area contributed by atoms with Crippen LogP contribution >= 0.6 is 15.9 Å². The van der Waals surface area contributed by atoms with Gasteiger partial charge in [0.25, 0.3) is 0 Å². The second-order valence-electron chi connectivity index (χ2n) is 5.07. The summed E-state index contributed by atoms with van der Waals surface area (Å²) in [6, 6.07) is 21.9. The Kier molecular flexibility index (Phi) is 4.74. The molecule has 0 N–H and O–H groups in total. The molecule has 3 aromatic rings. The molecule has 0 saturated heterocycles. The van der Waals surface area contributed by atoms with Crippen LogP contribution in [0.2, 0.25) is 0 Å². The summed E-state index contributed by atoms with van der Waals surface area (Å²) in [6.07, 6.45) is 1.47. The summed E-state index contributed by atoms with van der Waals surface area (Å²) in [5, 5.41) is 9.29.